The molecule has 2 heterocycles. The molecule has 0 amide bonds. The van der Waals surface area contributed by atoms with E-state index in [1.54, 1.807) is 12.1 Å². The van der Waals surface area contributed by atoms with E-state index in [0.717, 1.165) is 43.7 Å². The second-order valence-corrected chi connectivity index (χ2v) is 6.24. The van der Waals surface area contributed by atoms with Crippen molar-refractivity contribution >= 4 is 28.3 Å². The molecule has 3 rings (SSSR count). The van der Waals surface area contributed by atoms with Gasteiger partial charge in [0.2, 0.25) is 0 Å². The maximum atomic E-state index is 13.5. The summed E-state index contributed by atoms with van der Waals surface area (Å²) in [5, 5.41) is 3.57. The fourth-order valence-corrected chi connectivity index (χ4v) is 3.41. The Hall–Kier alpha value is -0.160. The number of nitrogens with one attached hydrogen (secondary N) is 1. The first kappa shape index (κ1) is 15.2. The summed E-state index contributed by atoms with van der Waals surface area (Å²) in [5.74, 6) is 0.629. The molecule has 2 saturated heterocycles. The summed E-state index contributed by atoms with van der Waals surface area (Å²) < 4.78 is 14.0. The van der Waals surface area contributed by atoms with E-state index in [1.165, 1.54) is 12.8 Å². The first-order valence-corrected chi connectivity index (χ1v) is 7.41. The molecule has 0 saturated carbocycles. The lowest BCUT2D eigenvalue weighted by Gasteiger charge is -2.34. The first-order valence-electron chi connectivity index (χ1n) is 6.62. The minimum absolute atomic E-state index is 0. The second-order valence-electron chi connectivity index (χ2n) is 5.38. The van der Waals surface area contributed by atoms with Crippen molar-refractivity contribution in [1.82, 2.24) is 10.2 Å². The van der Waals surface area contributed by atoms with Crippen LogP contribution >= 0.6 is 28.3 Å². The van der Waals surface area contributed by atoms with Crippen LogP contribution in [0.15, 0.2) is 22.7 Å². The van der Waals surface area contributed by atoms with Crippen LogP contribution in [-0.4, -0.2) is 30.6 Å². The molecule has 1 aromatic carbocycles. The zero-order valence-corrected chi connectivity index (χ0v) is 13.1. The Morgan fingerprint density at radius 2 is 2.21 bits per heavy atom. The van der Waals surface area contributed by atoms with Crippen molar-refractivity contribution < 1.29 is 4.39 Å². The van der Waals surface area contributed by atoms with E-state index in [2.05, 4.69) is 26.1 Å². The number of piperidine rings is 1. The molecule has 2 atom stereocenters. The molecular formula is C14H19BrClFN2. The molecule has 1 N–H and O–H groups in total. The summed E-state index contributed by atoms with van der Waals surface area (Å²) in [5.41, 5.74) is 1.07. The van der Waals surface area contributed by atoms with Crippen LogP contribution in [-0.2, 0) is 6.54 Å². The van der Waals surface area contributed by atoms with Crippen LogP contribution in [0, 0.1) is 11.7 Å². The van der Waals surface area contributed by atoms with Crippen LogP contribution in [0.3, 0.4) is 0 Å². The summed E-state index contributed by atoms with van der Waals surface area (Å²) in [6, 6.07) is 6.17. The predicted molar refractivity (Wildman–Crippen MR) is 81.1 cm³/mol. The number of hydrogen-bond donors (Lipinski definition) is 1. The maximum absolute atomic E-state index is 13.5. The molecule has 106 valence electrons. The molecule has 2 aliphatic rings. The van der Waals surface area contributed by atoms with Crippen molar-refractivity contribution in [3.05, 3.63) is 34.1 Å². The van der Waals surface area contributed by atoms with Gasteiger partial charge in [-0.15, -0.1) is 12.4 Å². The molecule has 2 fully saturated rings. The predicted octanol–water partition coefficient (Wildman–Crippen LogP) is 3.19. The van der Waals surface area contributed by atoms with Crippen molar-refractivity contribution in [2.24, 2.45) is 5.92 Å². The van der Waals surface area contributed by atoms with E-state index < -0.39 is 0 Å². The van der Waals surface area contributed by atoms with Gasteiger partial charge in [0.15, 0.2) is 0 Å². The van der Waals surface area contributed by atoms with Crippen molar-refractivity contribution in [2.45, 2.75) is 25.4 Å². The Morgan fingerprint density at radius 3 is 3.00 bits per heavy atom. The van der Waals surface area contributed by atoms with Gasteiger partial charge in [-0.1, -0.05) is 6.07 Å². The molecule has 0 bridgehead atoms. The monoisotopic (exact) mass is 348 g/mol. The normalized spacial score (nSPS) is 26.8. The molecule has 2 aliphatic heterocycles. The summed E-state index contributed by atoms with van der Waals surface area (Å²) in [7, 11) is 0. The quantitative estimate of drug-likeness (QED) is 0.882. The topological polar surface area (TPSA) is 15.3 Å². The number of rotatable bonds is 2. The van der Waals surface area contributed by atoms with Crippen LogP contribution in [0.5, 0.6) is 0 Å². The molecular weight excluding hydrogens is 331 g/mol. The Labute approximate surface area is 128 Å². The number of likely N-dealkylation sites (tertiary alicyclic amines) is 1. The standard InChI is InChI=1S/C14H18BrFN2.ClH/c15-12-2-1-10(7-13(12)16)8-18-6-4-14-11(9-18)3-5-17-14;/h1-2,7,11,14,17H,3-6,8-9H2;1H. The summed E-state index contributed by atoms with van der Waals surface area (Å²) in [4.78, 5) is 2.46. The van der Waals surface area contributed by atoms with Crippen molar-refractivity contribution in [3.63, 3.8) is 0 Å². The molecule has 2 unspecified atom stereocenters. The van der Waals surface area contributed by atoms with Gasteiger partial charge in [-0.05, 0) is 65.5 Å². The minimum Gasteiger partial charge on any atom is -0.314 e. The van der Waals surface area contributed by atoms with Gasteiger partial charge >= 0.3 is 0 Å². The van der Waals surface area contributed by atoms with Gasteiger partial charge in [0.25, 0.3) is 0 Å². The highest BCUT2D eigenvalue weighted by Gasteiger charge is 2.32. The minimum atomic E-state index is -0.162. The highest BCUT2D eigenvalue weighted by Crippen LogP contribution is 2.26. The Kier molecular flexibility index (Phi) is 5.23. The van der Waals surface area contributed by atoms with Gasteiger partial charge in [-0.2, -0.15) is 0 Å². The third-order valence-corrected chi connectivity index (χ3v) is 4.77. The van der Waals surface area contributed by atoms with Gasteiger partial charge in [0.1, 0.15) is 5.82 Å². The van der Waals surface area contributed by atoms with E-state index in [4.69, 9.17) is 0 Å². The average molecular weight is 350 g/mol. The first-order chi connectivity index (χ1) is 8.72. The summed E-state index contributed by atoms with van der Waals surface area (Å²) >= 11 is 3.19. The van der Waals surface area contributed by atoms with Crippen LogP contribution in [0.4, 0.5) is 4.39 Å². The van der Waals surface area contributed by atoms with Gasteiger partial charge < -0.3 is 5.32 Å². The van der Waals surface area contributed by atoms with Crippen LogP contribution in [0.2, 0.25) is 0 Å². The molecule has 1 aromatic rings. The molecule has 0 aromatic heterocycles. The van der Waals surface area contributed by atoms with Crippen molar-refractivity contribution in [1.29, 1.82) is 0 Å². The Bertz CT molecular complexity index is 443. The Morgan fingerprint density at radius 1 is 1.37 bits per heavy atom. The van der Waals surface area contributed by atoms with Crippen molar-refractivity contribution in [2.75, 3.05) is 19.6 Å². The third-order valence-electron chi connectivity index (χ3n) is 4.13. The smallest absolute Gasteiger partial charge is 0.137 e. The number of benzene rings is 1. The number of hydrogen-bond acceptors (Lipinski definition) is 2. The fourth-order valence-electron chi connectivity index (χ4n) is 3.16. The van der Waals surface area contributed by atoms with E-state index in [1.807, 2.05) is 6.07 Å². The van der Waals surface area contributed by atoms with Gasteiger partial charge in [-0.25, -0.2) is 4.39 Å². The second kappa shape index (κ2) is 6.53. The van der Waals surface area contributed by atoms with Gasteiger partial charge in [0.05, 0.1) is 4.47 Å². The Balaban J connectivity index is 0.00000133. The van der Waals surface area contributed by atoms with E-state index >= 15 is 0 Å². The fraction of sp³-hybridized carbons (Fsp3) is 0.571. The van der Waals surface area contributed by atoms with Crippen LogP contribution in [0.25, 0.3) is 0 Å². The highest BCUT2D eigenvalue weighted by molar-refractivity contribution is 9.10. The number of fused-ring (bicyclic) bond motifs is 1. The van der Waals surface area contributed by atoms with Crippen molar-refractivity contribution in [3.8, 4) is 0 Å². The largest absolute Gasteiger partial charge is 0.314 e. The lowest BCUT2D eigenvalue weighted by molar-refractivity contribution is 0.156. The van der Waals surface area contributed by atoms with Gasteiger partial charge in [-0.3, -0.25) is 4.90 Å². The molecule has 5 heteroatoms. The maximum Gasteiger partial charge on any atom is 0.137 e. The van der Waals surface area contributed by atoms with Crippen LogP contribution in [0.1, 0.15) is 18.4 Å². The lowest BCUT2D eigenvalue weighted by atomic mass is 9.93. The molecule has 0 aliphatic carbocycles. The molecule has 0 radical (unpaired) electrons. The lowest BCUT2D eigenvalue weighted by Crippen LogP contribution is -2.43. The number of halogens is 3. The highest BCUT2D eigenvalue weighted by atomic mass is 79.9. The van der Waals surface area contributed by atoms with Crippen LogP contribution < -0.4 is 5.32 Å². The SMILES string of the molecule is Cl.Fc1cc(CN2CCC3NCCC3C2)ccc1Br. The number of nitrogens with zero attached hydrogens (tertiary/aromatic N) is 1. The zero-order chi connectivity index (χ0) is 12.5. The third kappa shape index (κ3) is 3.48. The summed E-state index contributed by atoms with van der Waals surface area (Å²) in [6.07, 6.45) is 2.51. The van der Waals surface area contributed by atoms with E-state index in [9.17, 15) is 4.39 Å². The van der Waals surface area contributed by atoms with E-state index in [0.29, 0.717) is 4.47 Å². The molecule has 19 heavy (non-hydrogen) atoms. The van der Waals surface area contributed by atoms with E-state index in [-0.39, 0.29) is 18.2 Å². The molecule has 0 spiro atoms. The summed E-state index contributed by atoms with van der Waals surface area (Å²) in [6.45, 7) is 4.30. The van der Waals surface area contributed by atoms with Gasteiger partial charge in [0, 0.05) is 19.1 Å². The molecule has 2 nitrogen and oxygen atoms in total. The average Bonchev–Trinajstić information content (AvgIpc) is 2.81. The zero-order valence-electron chi connectivity index (χ0n) is 10.7.